The summed E-state index contributed by atoms with van der Waals surface area (Å²) >= 11 is 0. The van der Waals surface area contributed by atoms with Crippen molar-refractivity contribution in [1.29, 1.82) is 0 Å². The number of anilines is 1. The van der Waals surface area contributed by atoms with E-state index in [1.54, 1.807) is 6.92 Å². The zero-order valence-corrected chi connectivity index (χ0v) is 21.7. The second-order valence-corrected chi connectivity index (χ2v) is 11.9. The van der Waals surface area contributed by atoms with Crippen molar-refractivity contribution in [2.24, 2.45) is 5.92 Å². The van der Waals surface area contributed by atoms with Gasteiger partial charge in [0.05, 0.1) is 22.7 Å². The van der Waals surface area contributed by atoms with Crippen LogP contribution in [0.1, 0.15) is 30.9 Å². The summed E-state index contributed by atoms with van der Waals surface area (Å²) in [6.07, 6.45) is -13.8. The molecule has 4 rings (SSSR count). The van der Waals surface area contributed by atoms with E-state index in [1.807, 2.05) is 0 Å². The van der Waals surface area contributed by atoms with Gasteiger partial charge >= 0.3 is 12.4 Å². The molecular weight excluding hydrogens is 573 g/mol. The van der Waals surface area contributed by atoms with Gasteiger partial charge < -0.3 is 15.1 Å². The Balaban J connectivity index is 1.80. The first-order valence-electron chi connectivity index (χ1n) is 12.1. The molecule has 1 amide bonds. The third-order valence-electron chi connectivity index (χ3n) is 7.34. The molecule has 0 spiro atoms. The van der Waals surface area contributed by atoms with Crippen LogP contribution in [0.15, 0.2) is 47.4 Å². The van der Waals surface area contributed by atoms with Gasteiger partial charge in [0.25, 0.3) is 15.6 Å². The van der Waals surface area contributed by atoms with Crippen molar-refractivity contribution in [1.82, 2.24) is 4.90 Å². The lowest BCUT2D eigenvalue weighted by atomic mass is 9.87. The maximum atomic E-state index is 13.7. The molecule has 15 heteroatoms. The molecule has 2 aliphatic heterocycles. The van der Waals surface area contributed by atoms with Gasteiger partial charge in [-0.15, -0.1) is 0 Å². The number of benzene rings is 2. The van der Waals surface area contributed by atoms with E-state index in [-0.39, 0.29) is 43.1 Å². The number of hydrogen-bond acceptors (Lipinski definition) is 5. The van der Waals surface area contributed by atoms with Gasteiger partial charge in [-0.3, -0.25) is 9.10 Å². The standard InChI is InChI=1S/C25H25F7N2O5S/c1-14-12-33(13-21(14)35)22(36)11-18-6-2-15-10-16(23(37,24(27,28)29)25(30,31)32)3-9-20(15)34(18)40(38,39)19-7-4-17(26)5-8-19/h3-5,7-10,14,18,21,35,37H,2,6,11-13H2,1H3. The van der Waals surface area contributed by atoms with E-state index in [0.29, 0.717) is 12.1 Å². The van der Waals surface area contributed by atoms with Gasteiger partial charge in [0.15, 0.2) is 0 Å². The van der Waals surface area contributed by atoms with Crippen molar-refractivity contribution >= 4 is 21.6 Å². The molecule has 0 bridgehead atoms. The van der Waals surface area contributed by atoms with Crippen LogP contribution in [0.3, 0.4) is 0 Å². The van der Waals surface area contributed by atoms with Crippen molar-refractivity contribution in [3.05, 3.63) is 59.4 Å². The third kappa shape index (κ3) is 5.14. The van der Waals surface area contributed by atoms with Crippen molar-refractivity contribution in [3.8, 4) is 0 Å². The molecule has 0 radical (unpaired) electrons. The van der Waals surface area contributed by atoms with Crippen molar-refractivity contribution in [2.75, 3.05) is 17.4 Å². The van der Waals surface area contributed by atoms with Crippen molar-refractivity contribution < 1.29 is 54.2 Å². The van der Waals surface area contributed by atoms with Crippen LogP contribution in [0.4, 0.5) is 36.4 Å². The van der Waals surface area contributed by atoms with Gasteiger partial charge in [-0.2, -0.15) is 26.3 Å². The molecule has 40 heavy (non-hydrogen) atoms. The van der Waals surface area contributed by atoms with Crippen LogP contribution >= 0.6 is 0 Å². The van der Waals surface area contributed by atoms with Gasteiger partial charge in [0, 0.05) is 31.0 Å². The number of nitrogens with zero attached hydrogens (tertiary/aromatic N) is 2. The number of aliphatic hydroxyl groups excluding tert-OH is 1. The predicted octanol–water partition coefficient (Wildman–Crippen LogP) is 3.88. The maximum Gasteiger partial charge on any atom is 0.430 e. The normalized spacial score (nSPS) is 22.4. The number of alkyl halides is 6. The first-order valence-corrected chi connectivity index (χ1v) is 13.6. The molecule has 220 valence electrons. The Hall–Kier alpha value is -2.91. The number of carbonyl (C=O) groups is 1. The number of rotatable bonds is 5. The van der Waals surface area contributed by atoms with Gasteiger partial charge in [-0.25, -0.2) is 12.8 Å². The highest BCUT2D eigenvalue weighted by Gasteiger charge is 2.71. The fraction of sp³-hybridized carbons (Fsp3) is 0.480. The molecule has 2 heterocycles. The Bertz CT molecular complexity index is 1360. The SMILES string of the molecule is CC1CN(C(=O)CC2CCc3cc(C(O)(C(F)(F)F)C(F)(F)F)ccc3N2S(=O)(=O)c2ccc(F)cc2)CC1O. The monoisotopic (exact) mass is 598 g/mol. The second kappa shape index (κ2) is 10.2. The number of carbonyl (C=O) groups excluding carboxylic acids is 1. The van der Waals surface area contributed by atoms with Gasteiger partial charge in [0.2, 0.25) is 5.91 Å². The fourth-order valence-electron chi connectivity index (χ4n) is 5.06. The molecule has 0 saturated carbocycles. The molecule has 3 unspecified atom stereocenters. The largest absolute Gasteiger partial charge is 0.430 e. The van der Waals surface area contributed by atoms with Gasteiger partial charge in [0.1, 0.15) is 5.82 Å². The minimum absolute atomic E-state index is 0.0187. The Kier molecular flexibility index (Phi) is 7.65. The average Bonchev–Trinajstić information content (AvgIpc) is 3.20. The summed E-state index contributed by atoms with van der Waals surface area (Å²) in [4.78, 5) is 14.0. The van der Waals surface area contributed by atoms with Crippen LogP contribution in [-0.4, -0.2) is 67.0 Å². The van der Waals surface area contributed by atoms with Crippen LogP contribution in [-0.2, 0) is 26.8 Å². The van der Waals surface area contributed by atoms with Crippen molar-refractivity contribution in [2.45, 2.75) is 61.2 Å². The summed E-state index contributed by atoms with van der Waals surface area (Å²) < 4.78 is 123. The molecule has 2 aromatic carbocycles. The van der Waals surface area contributed by atoms with Crippen LogP contribution in [0, 0.1) is 11.7 Å². The molecule has 0 aromatic heterocycles. The molecule has 2 N–H and O–H groups in total. The van der Waals surface area contributed by atoms with E-state index < -0.39 is 68.7 Å². The van der Waals surface area contributed by atoms with E-state index in [2.05, 4.69) is 0 Å². The summed E-state index contributed by atoms with van der Waals surface area (Å²) in [6.45, 7) is 1.95. The molecule has 7 nitrogen and oxygen atoms in total. The number of halogens is 7. The van der Waals surface area contributed by atoms with Crippen LogP contribution < -0.4 is 4.31 Å². The fourth-order valence-corrected chi connectivity index (χ4v) is 6.78. The first kappa shape index (κ1) is 30.1. The molecule has 0 aliphatic carbocycles. The number of likely N-dealkylation sites (tertiary alicyclic amines) is 1. The Morgan fingerprint density at radius 3 is 2.12 bits per heavy atom. The lowest BCUT2D eigenvalue weighted by Gasteiger charge is -2.39. The smallest absolute Gasteiger partial charge is 0.391 e. The number of amides is 1. The number of fused-ring (bicyclic) bond motifs is 1. The Labute approximate surface area is 224 Å². The van der Waals surface area contributed by atoms with E-state index >= 15 is 0 Å². The van der Waals surface area contributed by atoms with Crippen LogP contribution in [0.5, 0.6) is 0 Å². The summed E-state index contributed by atoms with van der Waals surface area (Å²) in [6, 6.07) is 4.04. The number of aliphatic hydroxyl groups is 2. The van der Waals surface area contributed by atoms with Crippen LogP contribution in [0.2, 0.25) is 0 Å². The van der Waals surface area contributed by atoms with E-state index in [4.69, 9.17) is 0 Å². The Morgan fingerprint density at radius 1 is 1.00 bits per heavy atom. The highest BCUT2D eigenvalue weighted by molar-refractivity contribution is 7.92. The number of hydrogen-bond donors (Lipinski definition) is 2. The van der Waals surface area contributed by atoms with E-state index in [0.717, 1.165) is 34.6 Å². The van der Waals surface area contributed by atoms with E-state index in [9.17, 15) is 54.2 Å². The molecule has 3 atom stereocenters. The second-order valence-electron chi connectivity index (χ2n) is 10.0. The number of sulfonamides is 1. The van der Waals surface area contributed by atoms with E-state index in [1.165, 1.54) is 4.90 Å². The summed E-state index contributed by atoms with van der Waals surface area (Å²) in [7, 11) is -4.60. The third-order valence-corrected chi connectivity index (χ3v) is 9.22. The highest BCUT2D eigenvalue weighted by Crippen LogP contribution is 2.51. The zero-order chi connectivity index (χ0) is 29.8. The Morgan fingerprint density at radius 2 is 1.60 bits per heavy atom. The average molecular weight is 599 g/mol. The lowest BCUT2D eigenvalue weighted by Crippen LogP contribution is -2.54. The van der Waals surface area contributed by atoms with Crippen molar-refractivity contribution in [3.63, 3.8) is 0 Å². The summed E-state index contributed by atoms with van der Waals surface area (Å²) in [5.74, 6) is -1.49. The summed E-state index contributed by atoms with van der Waals surface area (Å²) in [5.41, 5.74) is -7.27. The maximum absolute atomic E-state index is 13.7. The van der Waals surface area contributed by atoms with Gasteiger partial charge in [-0.05, 0) is 48.7 Å². The number of β-amino-alcohol motifs (C(OH)–C–C–N with tert-alkyl or cyclic N) is 1. The lowest BCUT2D eigenvalue weighted by molar-refractivity contribution is -0.376. The quantitative estimate of drug-likeness (QED) is 0.510. The minimum atomic E-state index is -6.14. The zero-order valence-electron chi connectivity index (χ0n) is 20.9. The first-order chi connectivity index (χ1) is 18.4. The molecule has 2 aliphatic rings. The highest BCUT2D eigenvalue weighted by atomic mass is 32.2. The molecule has 2 aromatic rings. The van der Waals surface area contributed by atoms with Gasteiger partial charge in [-0.1, -0.05) is 19.1 Å². The topological polar surface area (TPSA) is 98.2 Å². The van der Waals surface area contributed by atoms with Crippen LogP contribution in [0.25, 0.3) is 0 Å². The number of aryl methyl sites for hydroxylation is 1. The summed E-state index contributed by atoms with van der Waals surface area (Å²) in [5, 5.41) is 19.8. The predicted molar refractivity (Wildman–Crippen MR) is 127 cm³/mol. The molecular formula is C25H25F7N2O5S. The minimum Gasteiger partial charge on any atom is -0.391 e. The molecule has 1 saturated heterocycles. The molecule has 1 fully saturated rings.